The highest BCUT2D eigenvalue weighted by molar-refractivity contribution is 7.26. The van der Waals surface area contributed by atoms with E-state index in [1.54, 1.807) is 11.3 Å². The van der Waals surface area contributed by atoms with Crippen molar-refractivity contribution in [3.8, 4) is 181 Å². The van der Waals surface area contributed by atoms with E-state index in [2.05, 4.69) is 242 Å². The van der Waals surface area contributed by atoms with Crippen LogP contribution in [-0.2, 0) is 0 Å². The first kappa shape index (κ1) is 68.8. The van der Waals surface area contributed by atoms with Gasteiger partial charge in [-0.3, -0.25) is 0 Å². The highest BCUT2D eigenvalue weighted by Crippen LogP contribution is 2.49. The number of benzene rings is 15. The maximum Gasteiger partial charge on any atom is 0.166 e. The predicted octanol–water partition coefficient (Wildman–Crippen LogP) is 26.4. The van der Waals surface area contributed by atoms with E-state index >= 15 is 0 Å². The van der Waals surface area contributed by atoms with Gasteiger partial charge in [0.1, 0.15) is 0 Å². The van der Waals surface area contributed by atoms with Gasteiger partial charge in [-0.1, -0.05) is 346 Å². The van der Waals surface area contributed by atoms with Gasteiger partial charge >= 0.3 is 0 Å². The normalized spacial score (nSPS) is 11.4. The molecule has 0 amide bonds. The fourth-order valence-electron chi connectivity index (χ4n) is 15.4. The van der Waals surface area contributed by atoms with E-state index in [1.807, 2.05) is 157 Å². The summed E-state index contributed by atoms with van der Waals surface area (Å²) in [5.74, 6) is 5.27. The molecule has 0 aliphatic carbocycles. The summed E-state index contributed by atoms with van der Waals surface area (Å²) in [4.78, 5) is 47.0. The molecule has 13 heteroatoms. The van der Waals surface area contributed by atoms with Gasteiger partial charge < -0.3 is 0 Å². The summed E-state index contributed by atoms with van der Waals surface area (Å²) in [6, 6.07) is 133. The zero-order chi connectivity index (χ0) is 76.8. The molecule has 0 spiro atoms. The molecule has 0 N–H and O–H groups in total. The average molecular weight is 1520 g/mol. The maximum atomic E-state index is 5.45. The number of rotatable bonds is 16. The van der Waals surface area contributed by atoms with Gasteiger partial charge in [0.05, 0.1) is 11.4 Å². The Morgan fingerprint density at radius 1 is 0.155 bits per heavy atom. The lowest BCUT2D eigenvalue weighted by Crippen LogP contribution is -2.01. The van der Waals surface area contributed by atoms with Gasteiger partial charge in [-0.15, -0.1) is 32.9 Å². The Labute approximate surface area is 676 Å². The largest absolute Gasteiger partial charge is 0.208 e. The molecule has 0 atom stereocenters. The van der Waals surface area contributed by atoms with E-state index in [0.29, 0.717) is 52.4 Å². The molecule has 0 bridgehead atoms. The third-order valence-electron chi connectivity index (χ3n) is 21.2. The van der Waals surface area contributed by atoms with Crippen LogP contribution in [0.25, 0.3) is 221 Å². The molecule has 0 aliphatic heterocycles. The van der Waals surface area contributed by atoms with Crippen molar-refractivity contribution in [3.05, 3.63) is 382 Å². The molecule has 21 rings (SSSR count). The molecule has 0 unspecified atom stereocenters. The van der Waals surface area contributed by atoms with Crippen LogP contribution >= 0.6 is 22.7 Å². The van der Waals surface area contributed by atoms with Gasteiger partial charge in [0.15, 0.2) is 52.4 Å². The lowest BCUT2D eigenvalue weighted by atomic mass is 9.91. The molecule has 0 saturated carbocycles. The van der Waals surface area contributed by atoms with Crippen molar-refractivity contribution < 1.29 is 0 Å². The van der Waals surface area contributed by atoms with Crippen LogP contribution in [-0.4, -0.2) is 55.1 Å². The van der Waals surface area contributed by atoms with Gasteiger partial charge in [0.2, 0.25) is 0 Å². The summed E-state index contributed by atoms with van der Waals surface area (Å²) in [5.41, 5.74) is 22.3. The summed E-state index contributed by atoms with van der Waals surface area (Å²) < 4.78 is 4.62. The van der Waals surface area contributed by atoms with Crippen LogP contribution < -0.4 is 0 Å². The highest BCUT2D eigenvalue weighted by Gasteiger charge is 2.25. The molecule has 11 nitrogen and oxygen atoms in total. The Kier molecular flexibility index (Phi) is 17.7. The van der Waals surface area contributed by atoms with E-state index in [4.69, 9.17) is 50.0 Å². The first-order valence-electron chi connectivity index (χ1n) is 38.4. The zero-order valence-corrected chi connectivity index (χ0v) is 63.7. The highest BCUT2D eigenvalue weighted by atomic mass is 32.1. The second-order valence-electron chi connectivity index (χ2n) is 28.5. The average Bonchev–Trinajstić information content (AvgIpc) is 1.64. The third-order valence-corrected chi connectivity index (χ3v) is 23.6. The standard InChI is InChI=1S/C103H63N11S2/c1-7-23-64(24-8-1)76-35-21-37-79(61-76)102-109-98(73-33-17-6-18-34-73)111-103(112-102)92-82(56-58-85-83-39-19-20-40-89(83)115-94(85)92)66-43-51-75(52-44-66)100-107-97(72-31-15-5-16-32-72)108-101(110-100)80-38-22-36-77(62-80)78-53-54-84-86-57-55-81(65-41-49-74(50-42-65)99-105-95(70-27-11-3-12-28-70)104-96(106-99)71-29-13-4-14-30-71)91(93(86)116-90(84)63-78)69-47-45-68(46-48-69)88-60-59-87(113-114-88)67-25-9-2-10-26-67/h1-63H. The van der Waals surface area contributed by atoms with Crippen LogP contribution in [0.2, 0.25) is 0 Å². The summed E-state index contributed by atoms with van der Waals surface area (Å²) in [5, 5.41) is 14.0. The molecule has 0 radical (unpaired) electrons. The number of hydrogen-bond donors (Lipinski definition) is 0. The smallest absolute Gasteiger partial charge is 0.166 e. The predicted molar refractivity (Wildman–Crippen MR) is 475 cm³/mol. The number of aromatic nitrogens is 11. The van der Waals surface area contributed by atoms with Gasteiger partial charge in [0.25, 0.3) is 0 Å². The third kappa shape index (κ3) is 13.3. The van der Waals surface area contributed by atoms with Crippen molar-refractivity contribution in [2.24, 2.45) is 0 Å². The van der Waals surface area contributed by atoms with Crippen molar-refractivity contribution in [1.29, 1.82) is 0 Å². The van der Waals surface area contributed by atoms with E-state index in [9.17, 15) is 0 Å². The molecule has 15 aromatic carbocycles. The maximum absolute atomic E-state index is 5.45. The van der Waals surface area contributed by atoms with Crippen LogP contribution in [0.3, 0.4) is 0 Å². The van der Waals surface area contributed by atoms with Crippen LogP contribution in [0.5, 0.6) is 0 Å². The minimum absolute atomic E-state index is 0.551. The van der Waals surface area contributed by atoms with E-state index < -0.39 is 0 Å². The Bertz CT molecular complexity index is 7200. The van der Waals surface area contributed by atoms with Crippen molar-refractivity contribution in [3.63, 3.8) is 0 Å². The van der Waals surface area contributed by atoms with Gasteiger partial charge in [-0.05, 0) is 86.5 Å². The lowest BCUT2D eigenvalue weighted by Gasteiger charge is -2.14. The van der Waals surface area contributed by atoms with Gasteiger partial charge in [0, 0.05) is 107 Å². The molecule has 6 heterocycles. The molecule has 0 fully saturated rings. The molecular weight excluding hydrogens is 1460 g/mol. The minimum Gasteiger partial charge on any atom is -0.208 e. The van der Waals surface area contributed by atoms with Crippen molar-refractivity contribution in [2.45, 2.75) is 0 Å². The Morgan fingerprint density at radius 3 is 0.897 bits per heavy atom. The quantitative estimate of drug-likeness (QED) is 0.0912. The minimum atomic E-state index is 0.551. The van der Waals surface area contributed by atoms with Gasteiger partial charge in [-0.25, -0.2) is 44.9 Å². The number of hydrogen-bond acceptors (Lipinski definition) is 13. The fourth-order valence-corrected chi connectivity index (χ4v) is 17.9. The van der Waals surface area contributed by atoms with Gasteiger partial charge in [-0.2, -0.15) is 0 Å². The first-order chi connectivity index (χ1) is 57.4. The Morgan fingerprint density at radius 2 is 0.440 bits per heavy atom. The van der Waals surface area contributed by atoms with E-state index in [1.165, 1.54) is 25.6 Å². The van der Waals surface area contributed by atoms with Crippen LogP contribution in [0.4, 0.5) is 0 Å². The second kappa shape index (κ2) is 29.8. The summed E-state index contributed by atoms with van der Waals surface area (Å²) in [7, 11) is 0. The monoisotopic (exact) mass is 1520 g/mol. The van der Waals surface area contributed by atoms with Crippen molar-refractivity contribution >= 4 is 63.0 Å². The second-order valence-corrected chi connectivity index (χ2v) is 30.6. The van der Waals surface area contributed by atoms with E-state index in [0.717, 1.165) is 143 Å². The molecule has 116 heavy (non-hydrogen) atoms. The van der Waals surface area contributed by atoms with Crippen molar-refractivity contribution in [1.82, 2.24) is 55.1 Å². The SMILES string of the molecule is c1ccc(-c2cccc(-c3nc(-c4ccccc4)nc(-c4c(-c5ccc(-c6nc(-c7ccccc7)nc(-c7cccc(-c8ccc9c(c8)sc8c(-c%10ccc(-c%11ccc(-c%12ccccc%12)nn%11)cc%10)c(-c%10ccc(-c%11nc(-c%12ccccc%12)nc(-c%12ccccc%12)n%11)cc%10)ccc89)c7)n6)cc5)ccc5c4sc4ccccc45)n3)c2)cc1. The molecule has 0 saturated heterocycles. The number of thiophene rings is 2. The number of nitrogens with zero attached hydrogens (tertiary/aromatic N) is 11. The first-order valence-corrected chi connectivity index (χ1v) is 40.0. The summed E-state index contributed by atoms with van der Waals surface area (Å²) in [6.07, 6.45) is 0. The summed E-state index contributed by atoms with van der Waals surface area (Å²) >= 11 is 3.57. The van der Waals surface area contributed by atoms with Crippen LogP contribution in [0, 0.1) is 0 Å². The molecule has 542 valence electrons. The number of fused-ring (bicyclic) bond motifs is 6. The molecule has 0 aliphatic rings. The lowest BCUT2D eigenvalue weighted by molar-refractivity contribution is 1.04. The Balaban J connectivity index is 0.643. The molecule has 6 aromatic heterocycles. The molecular formula is C103H63N11S2. The fraction of sp³-hybridized carbons (Fsp3) is 0. The topological polar surface area (TPSA) is 142 Å². The van der Waals surface area contributed by atoms with E-state index in [-0.39, 0.29) is 0 Å². The van der Waals surface area contributed by atoms with Crippen LogP contribution in [0.15, 0.2) is 382 Å². The van der Waals surface area contributed by atoms with Crippen molar-refractivity contribution in [2.75, 3.05) is 0 Å². The zero-order valence-electron chi connectivity index (χ0n) is 62.1. The Hall–Kier alpha value is -15.2. The summed E-state index contributed by atoms with van der Waals surface area (Å²) in [6.45, 7) is 0. The molecule has 21 aromatic rings. The van der Waals surface area contributed by atoms with Crippen LogP contribution in [0.1, 0.15) is 0 Å².